The normalized spacial score (nSPS) is 50.8. The van der Waals surface area contributed by atoms with Gasteiger partial charge in [0.1, 0.15) is 0 Å². The Morgan fingerprint density at radius 3 is 2.91 bits per heavy atom. The van der Waals surface area contributed by atoms with Crippen LogP contribution in [0.3, 0.4) is 0 Å². The second kappa shape index (κ2) is 1.86. The molecule has 3 rings (SSSR count). The second-order valence-corrected chi connectivity index (χ2v) is 3.99. The fourth-order valence-corrected chi connectivity index (χ4v) is 2.40. The molecule has 2 aliphatic heterocycles. The molecule has 11 heavy (non-hydrogen) atoms. The van der Waals surface area contributed by atoms with Crippen LogP contribution in [0.15, 0.2) is 4.99 Å². The number of fused-ring (bicyclic) bond motifs is 1. The number of nitrogens with zero attached hydrogens (tertiary/aromatic N) is 1. The maximum atomic E-state index is 4.44. The van der Waals surface area contributed by atoms with Crippen LogP contribution in [0.25, 0.3) is 0 Å². The molecular weight excluding hydrogens is 136 g/mol. The van der Waals surface area contributed by atoms with Gasteiger partial charge in [0.15, 0.2) is 0 Å². The Kier molecular flexibility index (Phi) is 1.05. The zero-order chi connectivity index (χ0) is 7.42. The molecule has 0 bridgehead atoms. The van der Waals surface area contributed by atoms with Crippen LogP contribution in [-0.4, -0.2) is 24.3 Å². The highest BCUT2D eigenvalue weighted by atomic mass is 15.1. The van der Waals surface area contributed by atoms with Crippen LogP contribution in [0.2, 0.25) is 0 Å². The van der Waals surface area contributed by atoms with E-state index in [2.05, 4.69) is 17.2 Å². The number of hydrogen-bond donors (Lipinski definition) is 1. The smallest absolute Gasteiger partial charge is 0.0879 e. The van der Waals surface area contributed by atoms with Crippen molar-refractivity contribution in [1.82, 2.24) is 5.32 Å². The van der Waals surface area contributed by atoms with Crippen LogP contribution in [0.1, 0.15) is 19.8 Å². The molecule has 1 saturated heterocycles. The van der Waals surface area contributed by atoms with Gasteiger partial charge in [0.2, 0.25) is 0 Å². The number of hydrogen-bond acceptors (Lipinski definition) is 2. The fraction of sp³-hybridized carbons (Fsp3) is 0.889. The summed E-state index contributed by atoms with van der Waals surface area (Å²) in [5, 5.41) is 3.45. The quantitative estimate of drug-likeness (QED) is 0.633. The molecule has 1 saturated carbocycles. The van der Waals surface area contributed by atoms with Crippen molar-refractivity contribution in [1.29, 1.82) is 0 Å². The third kappa shape index (κ3) is 0.791. The van der Waals surface area contributed by atoms with Crippen LogP contribution in [-0.2, 0) is 0 Å². The lowest BCUT2D eigenvalue weighted by Crippen LogP contribution is -2.32. The van der Waals surface area contributed by atoms with Crippen LogP contribution >= 0.6 is 0 Å². The molecule has 0 aromatic heterocycles. The minimum atomic E-state index is 0.678. The Hall–Kier alpha value is -0.370. The monoisotopic (exact) mass is 150 g/mol. The first-order chi connectivity index (χ1) is 5.40. The Morgan fingerprint density at radius 1 is 1.64 bits per heavy atom. The van der Waals surface area contributed by atoms with E-state index in [-0.39, 0.29) is 0 Å². The number of rotatable bonds is 3. The van der Waals surface area contributed by atoms with Gasteiger partial charge >= 0.3 is 0 Å². The van der Waals surface area contributed by atoms with Gasteiger partial charge in [-0.3, -0.25) is 4.99 Å². The van der Waals surface area contributed by atoms with Gasteiger partial charge in [-0.2, -0.15) is 0 Å². The maximum absolute atomic E-state index is 4.44. The predicted octanol–water partition coefficient (Wildman–Crippen LogP) is 0.827. The van der Waals surface area contributed by atoms with E-state index in [1.165, 1.54) is 25.1 Å². The van der Waals surface area contributed by atoms with E-state index in [0.29, 0.717) is 6.04 Å². The molecule has 0 radical (unpaired) electrons. The lowest BCUT2D eigenvalue weighted by molar-refractivity contribution is 0.506. The molecule has 2 fully saturated rings. The fourth-order valence-electron chi connectivity index (χ4n) is 2.40. The second-order valence-electron chi connectivity index (χ2n) is 3.99. The van der Waals surface area contributed by atoms with Crippen molar-refractivity contribution in [3.8, 4) is 0 Å². The van der Waals surface area contributed by atoms with Crippen LogP contribution in [0, 0.1) is 11.8 Å². The van der Waals surface area contributed by atoms with Crippen molar-refractivity contribution in [2.45, 2.75) is 31.8 Å². The van der Waals surface area contributed by atoms with E-state index in [9.17, 15) is 0 Å². The van der Waals surface area contributed by atoms with Crippen molar-refractivity contribution in [3.63, 3.8) is 0 Å². The molecule has 60 valence electrons. The van der Waals surface area contributed by atoms with E-state index in [0.717, 1.165) is 17.9 Å². The van der Waals surface area contributed by atoms with Gasteiger partial charge in [0, 0.05) is 18.3 Å². The molecule has 4 unspecified atom stereocenters. The Balaban J connectivity index is 1.48. The zero-order valence-electron chi connectivity index (χ0n) is 6.88. The van der Waals surface area contributed by atoms with Gasteiger partial charge in [0.25, 0.3) is 0 Å². The molecular formula is C9H14N2. The average molecular weight is 150 g/mol. The molecule has 3 aliphatic rings. The van der Waals surface area contributed by atoms with Crippen LogP contribution in [0.5, 0.6) is 0 Å². The zero-order valence-corrected chi connectivity index (χ0v) is 6.88. The molecule has 4 atom stereocenters. The highest BCUT2D eigenvalue weighted by Crippen LogP contribution is 2.49. The summed E-state index contributed by atoms with van der Waals surface area (Å²) in [5.41, 5.74) is 1.47. The maximum Gasteiger partial charge on any atom is 0.0879 e. The molecule has 1 N–H and O–H groups in total. The van der Waals surface area contributed by atoms with Gasteiger partial charge in [-0.15, -0.1) is 0 Å². The summed E-state index contributed by atoms with van der Waals surface area (Å²) in [4.78, 5) is 4.44. The SMILES string of the molecule is CCC1=NC1CC1C2CNC21. The van der Waals surface area contributed by atoms with Gasteiger partial charge in [-0.1, -0.05) is 6.92 Å². The van der Waals surface area contributed by atoms with Crippen LogP contribution in [0.4, 0.5) is 0 Å². The van der Waals surface area contributed by atoms with E-state index in [4.69, 9.17) is 0 Å². The summed E-state index contributed by atoms with van der Waals surface area (Å²) in [6, 6.07) is 1.58. The molecule has 1 aliphatic carbocycles. The Bertz CT molecular complexity index is 212. The molecule has 0 spiro atoms. The summed E-state index contributed by atoms with van der Waals surface area (Å²) < 4.78 is 0. The Morgan fingerprint density at radius 2 is 2.45 bits per heavy atom. The lowest BCUT2D eigenvalue weighted by Gasteiger charge is -2.08. The topological polar surface area (TPSA) is 24.4 Å². The highest BCUT2D eigenvalue weighted by molar-refractivity contribution is 6.00. The van der Waals surface area contributed by atoms with Gasteiger partial charge < -0.3 is 5.32 Å². The predicted molar refractivity (Wildman–Crippen MR) is 44.9 cm³/mol. The lowest BCUT2D eigenvalue weighted by atomic mass is 10.1. The van der Waals surface area contributed by atoms with E-state index >= 15 is 0 Å². The van der Waals surface area contributed by atoms with Crippen molar-refractivity contribution in [2.75, 3.05) is 6.54 Å². The molecule has 2 heteroatoms. The van der Waals surface area contributed by atoms with Crippen LogP contribution < -0.4 is 5.32 Å². The molecule has 0 amide bonds. The van der Waals surface area contributed by atoms with E-state index < -0.39 is 0 Å². The first-order valence-corrected chi connectivity index (χ1v) is 4.70. The Labute approximate surface area is 67.1 Å². The van der Waals surface area contributed by atoms with Crippen molar-refractivity contribution in [3.05, 3.63) is 0 Å². The summed E-state index contributed by atoms with van der Waals surface area (Å²) in [5.74, 6) is 2.04. The summed E-state index contributed by atoms with van der Waals surface area (Å²) in [6.45, 7) is 3.49. The molecule has 0 aromatic carbocycles. The number of nitrogens with one attached hydrogen (secondary N) is 1. The standard InChI is InChI=1S/C9H14N2/c1-2-7-8(11-7)3-5-6-4-10-9(5)6/h5-6,8-10H,2-4H2,1H3. The van der Waals surface area contributed by atoms with Gasteiger partial charge in [0.05, 0.1) is 6.04 Å². The van der Waals surface area contributed by atoms with Crippen molar-refractivity contribution in [2.24, 2.45) is 16.8 Å². The van der Waals surface area contributed by atoms with E-state index in [1.807, 2.05) is 0 Å². The van der Waals surface area contributed by atoms with Gasteiger partial charge in [-0.05, 0) is 24.7 Å². The third-order valence-corrected chi connectivity index (χ3v) is 3.42. The first-order valence-electron chi connectivity index (χ1n) is 4.70. The molecule has 2 nitrogen and oxygen atoms in total. The third-order valence-electron chi connectivity index (χ3n) is 3.42. The van der Waals surface area contributed by atoms with Gasteiger partial charge in [-0.25, -0.2) is 0 Å². The summed E-state index contributed by atoms with van der Waals surface area (Å²) in [7, 11) is 0. The minimum Gasteiger partial charge on any atom is -0.313 e. The average Bonchev–Trinajstić information content (AvgIpc) is 2.74. The summed E-state index contributed by atoms with van der Waals surface area (Å²) >= 11 is 0. The minimum absolute atomic E-state index is 0.678. The van der Waals surface area contributed by atoms with Crippen molar-refractivity contribution < 1.29 is 0 Å². The first kappa shape index (κ1) is 6.18. The van der Waals surface area contributed by atoms with E-state index in [1.54, 1.807) is 0 Å². The number of aliphatic imine (C=N–C) groups is 1. The summed E-state index contributed by atoms with van der Waals surface area (Å²) in [6.07, 6.45) is 2.53. The van der Waals surface area contributed by atoms with Crippen molar-refractivity contribution >= 4 is 5.71 Å². The highest BCUT2D eigenvalue weighted by Gasteiger charge is 2.57. The molecule has 0 aromatic rings. The molecule has 2 heterocycles. The largest absolute Gasteiger partial charge is 0.313 e.